The van der Waals surface area contributed by atoms with Gasteiger partial charge >= 0.3 is 0 Å². The Morgan fingerprint density at radius 1 is 1.31 bits per heavy atom. The minimum atomic E-state index is -0.349. The van der Waals surface area contributed by atoms with Crippen LogP contribution in [0.25, 0.3) is 11.4 Å². The fraction of sp³-hybridized carbons (Fsp3) is 0.400. The van der Waals surface area contributed by atoms with E-state index in [0.717, 1.165) is 30.8 Å². The number of nitriles is 1. The quantitative estimate of drug-likeness (QED) is 0.401. The van der Waals surface area contributed by atoms with Crippen LogP contribution < -0.4 is 15.8 Å². The molecule has 0 fully saturated rings. The number of nitrogens with one attached hydrogen (secondary N) is 1. The summed E-state index contributed by atoms with van der Waals surface area (Å²) in [6.07, 6.45) is 3.53. The minimum Gasteiger partial charge on any atom is -0.477 e. The molecule has 3 N–H and O–H groups in total. The van der Waals surface area contributed by atoms with Crippen LogP contribution in [0.1, 0.15) is 48.5 Å². The minimum absolute atomic E-state index is 0.0763. The van der Waals surface area contributed by atoms with E-state index < -0.39 is 0 Å². The molecule has 0 aromatic carbocycles. The summed E-state index contributed by atoms with van der Waals surface area (Å²) in [5, 5.41) is 16.3. The molecule has 0 saturated heterocycles. The first kappa shape index (κ1) is 25.6. The number of rotatable bonds is 12. The van der Waals surface area contributed by atoms with Crippen molar-refractivity contribution in [2.24, 2.45) is 5.92 Å². The molecule has 3 heterocycles. The van der Waals surface area contributed by atoms with Gasteiger partial charge in [0.25, 0.3) is 5.91 Å². The predicted octanol–water partition coefficient (Wildman–Crippen LogP) is 3.26. The van der Waals surface area contributed by atoms with Gasteiger partial charge in [0.05, 0.1) is 24.5 Å². The van der Waals surface area contributed by atoms with Crippen molar-refractivity contribution in [2.75, 3.05) is 32.5 Å². The lowest BCUT2D eigenvalue weighted by Crippen LogP contribution is -2.31. The van der Waals surface area contributed by atoms with Gasteiger partial charge in [-0.1, -0.05) is 24.6 Å². The molecule has 3 rings (SSSR count). The summed E-state index contributed by atoms with van der Waals surface area (Å²) in [5.41, 5.74) is 7.85. The van der Waals surface area contributed by atoms with E-state index in [1.807, 2.05) is 37.4 Å². The van der Waals surface area contributed by atoms with Gasteiger partial charge in [-0.3, -0.25) is 14.7 Å². The molecule has 3 aromatic rings. The largest absolute Gasteiger partial charge is 0.477 e. The van der Waals surface area contributed by atoms with Crippen LogP contribution in [-0.2, 0) is 6.54 Å². The number of hydrogen-bond donors (Lipinski definition) is 2. The maximum Gasteiger partial charge on any atom is 0.270 e. The van der Waals surface area contributed by atoms with E-state index in [1.165, 1.54) is 6.07 Å². The molecule has 10 heteroatoms. The van der Waals surface area contributed by atoms with E-state index in [0.29, 0.717) is 25.4 Å². The average molecular weight is 478 g/mol. The topological polar surface area (TPSA) is 143 Å². The molecule has 0 spiro atoms. The molecular weight excluding hydrogens is 446 g/mol. The van der Waals surface area contributed by atoms with E-state index in [1.54, 1.807) is 13.1 Å². The van der Waals surface area contributed by atoms with Gasteiger partial charge in [0.1, 0.15) is 23.0 Å². The Balaban J connectivity index is 1.50. The van der Waals surface area contributed by atoms with Crippen LogP contribution in [0.3, 0.4) is 0 Å². The van der Waals surface area contributed by atoms with Crippen LogP contribution in [0.2, 0.25) is 0 Å². The van der Waals surface area contributed by atoms with Crippen molar-refractivity contribution in [1.29, 1.82) is 5.26 Å². The highest BCUT2D eigenvalue weighted by molar-refractivity contribution is 5.93. The summed E-state index contributed by atoms with van der Waals surface area (Å²) in [5.74, 6) is 0.775. The summed E-state index contributed by atoms with van der Waals surface area (Å²) in [6.45, 7) is 6.13. The van der Waals surface area contributed by atoms with Gasteiger partial charge in [-0.15, -0.1) is 0 Å². The third-order valence-electron chi connectivity index (χ3n) is 5.60. The number of nitrogen functional groups attached to an aromatic ring is 1. The molecule has 1 unspecified atom stereocenters. The number of carbonyl (C=O) groups excluding carboxylic acids is 1. The van der Waals surface area contributed by atoms with Crippen LogP contribution >= 0.6 is 0 Å². The molecule has 10 nitrogen and oxygen atoms in total. The van der Waals surface area contributed by atoms with Crippen LogP contribution in [-0.4, -0.2) is 52.7 Å². The highest BCUT2D eigenvalue weighted by atomic mass is 16.5. The van der Waals surface area contributed by atoms with Gasteiger partial charge in [-0.2, -0.15) is 5.26 Å². The molecule has 0 aliphatic heterocycles. The molecular formula is C25H31N7O3. The fourth-order valence-electron chi connectivity index (χ4n) is 3.56. The number of hydrogen-bond acceptors (Lipinski definition) is 9. The van der Waals surface area contributed by atoms with Crippen molar-refractivity contribution in [3.63, 3.8) is 0 Å². The molecule has 0 radical (unpaired) electrons. The summed E-state index contributed by atoms with van der Waals surface area (Å²) in [4.78, 5) is 23.3. The van der Waals surface area contributed by atoms with Crippen LogP contribution in [0, 0.1) is 17.2 Å². The number of nitrogens with zero attached hydrogens (tertiary/aromatic N) is 5. The third kappa shape index (κ3) is 7.01. The van der Waals surface area contributed by atoms with Gasteiger partial charge in [0.2, 0.25) is 5.88 Å². The Hall–Kier alpha value is -3.97. The van der Waals surface area contributed by atoms with Gasteiger partial charge in [0.15, 0.2) is 5.76 Å². The van der Waals surface area contributed by atoms with E-state index >= 15 is 0 Å². The van der Waals surface area contributed by atoms with Crippen molar-refractivity contribution in [3.05, 3.63) is 53.5 Å². The lowest BCUT2D eigenvalue weighted by atomic mass is 10.0. The van der Waals surface area contributed by atoms with Gasteiger partial charge in [0, 0.05) is 18.8 Å². The van der Waals surface area contributed by atoms with E-state index in [9.17, 15) is 10.1 Å². The van der Waals surface area contributed by atoms with E-state index in [2.05, 4.69) is 32.3 Å². The fourth-order valence-corrected chi connectivity index (χ4v) is 3.56. The van der Waals surface area contributed by atoms with Gasteiger partial charge in [-0.25, -0.2) is 4.98 Å². The van der Waals surface area contributed by atoms with Crippen molar-refractivity contribution >= 4 is 11.6 Å². The molecule has 1 atom stereocenters. The first-order valence-corrected chi connectivity index (χ1v) is 11.6. The normalized spacial score (nSPS) is 11.7. The second-order valence-corrected chi connectivity index (χ2v) is 8.23. The zero-order chi connectivity index (χ0) is 25.2. The van der Waals surface area contributed by atoms with E-state index in [-0.39, 0.29) is 34.6 Å². The first-order chi connectivity index (χ1) is 16.9. The second-order valence-electron chi connectivity index (χ2n) is 8.23. The molecule has 3 aromatic heterocycles. The number of pyridine rings is 2. The number of ether oxygens (including phenoxy) is 1. The number of nitrogens with two attached hydrogens (primary N) is 1. The van der Waals surface area contributed by atoms with Crippen molar-refractivity contribution in [3.8, 4) is 23.3 Å². The van der Waals surface area contributed by atoms with Gasteiger partial charge < -0.3 is 20.3 Å². The maximum absolute atomic E-state index is 12.7. The predicted molar refractivity (Wildman–Crippen MR) is 131 cm³/mol. The Labute approximate surface area is 205 Å². The van der Waals surface area contributed by atoms with Crippen molar-refractivity contribution in [2.45, 2.75) is 33.2 Å². The number of amides is 1. The van der Waals surface area contributed by atoms with Crippen molar-refractivity contribution < 1.29 is 14.1 Å². The summed E-state index contributed by atoms with van der Waals surface area (Å²) >= 11 is 0. The zero-order valence-electron chi connectivity index (χ0n) is 20.3. The van der Waals surface area contributed by atoms with Crippen LogP contribution in [0.15, 0.2) is 41.1 Å². The first-order valence-electron chi connectivity index (χ1n) is 11.6. The smallest absolute Gasteiger partial charge is 0.270 e. The highest BCUT2D eigenvalue weighted by Gasteiger charge is 2.18. The monoisotopic (exact) mass is 477 g/mol. The molecule has 0 bridgehead atoms. The summed E-state index contributed by atoms with van der Waals surface area (Å²) in [7, 11) is 2.02. The Bertz CT molecular complexity index is 1160. The third-order valence-corrected chi connectivity index (χ3v) is 5.60. The van der Waals surface area contributed by atoms with Crippen molar-refractivity contribution in [1.82, 2.24) is 25.3 Å². The van der Waals surface area contributed by atoms with E-state index in [4.69, 9.17) is 15.0 Å². The lowest BCUT2D eigenvalue weighted by molar-refractivity contribution is 0.0939. The Kier molecular flexibility index (Phi) is 9.15. The lowest BCUT2D eigenvalue weighted by Gasteiger charge is -2.20. The number of aromatic nitrogens is 3. The standard InChI is InChI=1S/C25H31N7O3/c1-4-17(15-29-24(33)23-13-20(27)19(14-26)25(30-23)34-5-2)9-11-32(3)16-18-12-22(31-35-18)21-8-6-7-10-28-21/h6-8,10,12-13,17H,4-5,9,11,15-16H2,1-3H3,(H2,27,30)(H,29,33). The molecule has 0 saturated carbocycles. The maximum atomic E-state index is 12.7. The number of carbonyl (C=O) groups is 1. The molecule has 0 aliphatic rings. The van der Waals surface area contributed by atoms with Crippen LogP contribution in [0.5, 0.6) is 5.88 Å². The molecule has 1 amide bonds. The summed E-state index contributed by atoms with van der Waals surface area (Å²) in [6, 6.07) is 10.9. The second kappa shape index (κ2) is 12.5. The summed E-state index contributed by atoms with van der Waals surface area (Å²) < 4.78 is 10.8. The SMILES string of the molecule is CCOc1nc(C(=O)NCC(CC)CCN(C)Cc2cc(-c3ccccn3)no2)cc(N)c1C#N. The van der Waals surface area contributed by atoms with Crippen LogP contribution in [0.4, 0.5) is 5.69 Å². The van der Waals surface area contributed by atoms with Gasteiger partial charge in [-0.05, 0) is 51.1 Å². The Morgan fingerprint density at radius 2 is 2.14 bits per heavy atom. The molecule has 0 aliphatic carbocycles. The Morgan fingerprint density at radius 3 is 2.83 bits per heavy atom. The zero-order valence-corrected chi connectivity index (χ0v) is 20.3. The molecule has 184 valence electrons. The average Bonchev–Trinajstić information content (AvgIpc) is 3.33. The number of anilines is 1. The highest BCUT2D eigenvalue weighted by Crippen LogP contribution is 2.23. The molecule has 35 heavy (non-hydrogen) atoms.